The van der Waals surface area contributed by atoms with Crippen LogP contribution in [0.2, 0.25) is 0 Å². The van der Waals surface area contributed by atoms with Gasteiger partial charge in [-0.25, -0.2) is 0 Å². The van der Waals surface area contributed by atoms with E-state index in [1.54, 1.807) is 0 Å². The van der Waals surface area contributed by atoms with Gasteiger partial charge in [-0.1, -0.05) is 6.92 Å². The molecule has 2 unspecified atom stereocenters. The van der Waals surface area contributed by atoms with E-state index in [4.69, 9.17) is 0 Å². The normalized spacial score (nSPS) is 27.6. The molecule has 0 aromatic rings. The second-order valence-corrected chi connectivity index (χ2v) is 6.34. The molecule has 2 nitrogen and oxygen atoms in total. The van der Waals surface area contributed by atoms with Gasteiger partial charge in [0, 0.05) is 30.4 Å². The molecule has 1 rings (SSSR count). The van der Waals surface area contributed by atoms with E-state index in [2.05, 4.69) is 49.8 Å². The molecular formula is C12H26N2S. The van der Waals surface area contributed by atoms with Crippen LogP contribution in [-0.2, 0) is 0 Å². The Bertz CT molecular complexity index is 173. The summed E-state index contributed by atoms with van der Waals surface area (Å²) < 4.78 is 0. The first-order valence-electron chi connectivity index (χ1n) is 6.16. The average Bonchev–Trinajstić information content (AvgIpc) is 2.20. The van der Waals surface area contributed by atoms with Gasteiger partial charge < -0.3 is 10.2 Å². The van der Waals surface area contributed by atoms with Crippen molar-refractivity contribution >= 4 is 11.8 Å². The van der Waals surface area contributed by atoms with Gasteiger partial charge in [-0.05, 0) is 39.5 Å². The molecule has 15 heavy (non-hydrogen) atoms. The summed E-state index contributed by atoms with van der Waals surface area (Å²) in [4.78, 5) is 2.40. The molecule has 0 aromatic heterocycles. The summed E-state index contributed by atoms with van der Waals surface area (Å²) in [7, 11) is 2.20. The molecule has 0 aliphatic carbocycles. The zero-order valence-electron chi connectivity index (χ0n) is 10.6. The van der Waals surface area contributed by atoms with Crippen LogP contribution >= 0.6 is 11.8 Å². The van der Waals surface area contributed by atoms with E-state index in [0.717, 1.165) is 24.4 Å². The van der Waals surface area contributed by atoms with Crippen molar-refractivity contribution in [2.45, 2.75) is 50.9 Å². The summed E-state index contributed by atoms with van der Waals surface area (Å²) in [5.74, 6) is 1.35. The fourth-order valence-corrected chi connectivity index (χ4v) is 3.05. The lowest BCUT2D eigenvalue weighted by atomic mass is 10.1. The van der Waals surface area contributed by atoms with Gasteiger partial charge in [-0.15, -0.1) is 0 Å². The smallest absolute Gasteiger partial charge is 0.0184 e. The van der Waals surface area contributed by atoms with Gasteiger partial charge >= 0.3 is 0 Å². The molecule has 90 valence electrons. The number of likely N-dealkylation sites (N-methyl/N-ethyl adjacent to an activating group) is 1. The van der Waals surface area contributed by atoms with Crippen LogP contribution in [0.25, 0.3) is 0 Å². The third-order valence-electron chi connectivity index (χ3n) is 3.36. The van der Waals surface area contributed by atoms with Crippen LogP contribution in [0.1, 0.15) is 33.6 Å². The summed E-state index contributed by atoms with van der Waals surface area (Å²) in [5.41, 5.74) is 0. The van der Waals surface area contributed by atoms with Crippen molar-refractivity contribution in [1.82, 2.24) is 10.2 Å². The Hall–Kier alpha value is 0.270. The topological polar surface area (TPSA) is 15.3 Å². The molecule has 0 amide bonds. The Balaban J connectivity index is 2.13. The maximum absolute atomic E-state index is 3.69. The Morgan fingerprint density at radius 1 is 1.47 bits per heavy atom. The molecule has 0 aromatic carbocycles. The zero-order chi connectivity index (χ0) is 11.3. The van der Waals surface area contributed by atoms with Gasteiger partial charge in [0.05, 0.1) is 0 Å². The second-order valence-electron chi connectivity index (χ2n) is 4.85. The third-order valence-corrected chi connectivity index (χ3v) is 4.74. The van der Waals surface area contributed by atoms with Gasteiger partial charge in [-0.2, -0.15) is 11.8 Å². The van der Waals surface area contributed by atoms with Gasteiger partial charge in [0.25, 0.3) is 0 Å². The first kappa shape index (κ1) is 13.3. The molecule has 1 aliphatic heterocycles. The maximum atomic E-state index is 3.69. The van der Waals surface area contributed by atoms with Gasteiger partial charge in [0.2, 0.25) is 0 Å². The summed E-state index contributed by atoms with van der Waals surface area (Å²) >= 11 is 2.12. The summed E-state index contributed by atoms with van der Waals surface area (Å²) in [6, 6.07) is 1.40. The highest BCUT2D eigenvalue weighted by Crippen LogP contribution is 2.24. The maximum Gasteiger partial charge on any atom is 0.0184 e. The molecule has 0 radical (unpaired) electrons. The molecule has 0 spiro atoms. The minimum Gasteiger partial charge on any atom is -0.312 e. The minimum absolute atomic E-state index is 0.657. The van der Waals surface area contributed by atoms with Crippen LogP contribution in [0.3, 0.4) is 0 Å². The SMILES string of the molecule is CC1SCCCC1NCCN(C)C(C)C. The molecule has 1 saturated heterocycles. The van der Waals surface area contributed by atoms with Crippen molar-refractivity contribution < 1.29 is 0 Å². The van der Waals surface area contributed by atoms with Gasteiger partial charge in [0.1, 0.15) is 0 Å². The summed E-state index contributed by atoms with van der Waals surface area (Å²) in [6.45, 7) is 9.14. The van der Waals surface area contributed by atoms with Crippen molar-refractivity contribution in [3.05, 3.63) is 0 Å². The number of hydrogen-bond donors (Lipinski definition) is 1. The Labute approximate surface area is 99.2 Å². The van der Waals surface area contributed by atoms with Crippen molar-refractivity contribution in [3.63, 3.8) is 0 Å². The monoisotopic (exact) mass is 230 g/mol. The molecule has 1 aliphatic rings. The molecule has 1 heterocycles. The highest BCUT2D eigenvalue weighted by molar-refractivity contribution is 7.99. The second kappa shape index (κ2) is 6.77. The van der Waals surface area contributed by atoms with E-state index in [9.17, 15) is 0 Å². The predicted molar refractivity (Wildman–Crippen MR) is 70.7 cm³/mol. The standard InChI is InChI=1S/C12H26N2S/c1-10(2)14(4)8-7-13-12-6-5-9-15-11(12)3/h10-13H,5-9H2,1-4H3. The van der Waals surface area contributed by atoms with Crippen LogP contribution in [0.5, 0.6) is 0 Å². The molecular weight excluding hydrogens is 204 g/mol. The summed E-state index contributed by atoms with van der Waals surface area (Å²) in [5, 5.41) is 4.49. The third kappa shape index (κ3) is 4.75. The number of thioether (sulfide) groups is 1. The zero-order valence-corrected chi connectivity index (χ0v) is 11.4. The molecule has 2 atom stereocenters. The first-order chi connectivity index (χ1) is 7.11. The number of nitrogens with zero attached hydrogens (tertiary/aromatic N) is 1. The van der Waals surface area contributed by atoms with E-state index < -0.39 is 0 Å². The van der Waals surface area contributed by atoms with E-state index in [0.29, 0.717) is 6.04 Å². The van der Waals surface area contributed by atoms with Crippen molar-refractivity contribution in [2.24, 2.45) is 0 Å². The number of nitrogens with one attached hydrogen (secondary N) is 1. The number of rotatable bonds is 5. The average molecular weight is 230 g/mol. The Morgan fingerprint density at radius 3 is 2.80 bits per heavy atom. The lowest BCUT2D eigenvalue weighted by Gasteiger charge is -2.30. The van der Waals surface area contributed by atoms with Gasteiger partial charge in [0.15, 0.2) is 0 Å². The van der Waals surface area contributed by atoms with E-state index in [1.165, 1.54) is 18.6 Å². The summed E-state index contributed by atoms with van der Waals surface area (Å²) in [6.07, 6.45) is 2.74. The van der Waals surface area contributed by atoms with Crippen LogP contribution in [0.15, 0.2) is 0 Å². The fourth-order valence-electron chi connectivity index (χ4n) is 1.88. The lowest BCUT2D eigenvalue weighted by Crippen LogP contribution is -2.43. The fraction of sp³-hybridized carbons (Fsp3) is 1.00. The van der Waals surface area contributed by atoms with Crippen molar-refractivity contribution in [2.75, 3.05) is 25.9 Å². The molecule has 1 N–H and O–H groups in total. The Kier molecular flexibility index (Phi) is 6.02. The first-order valence-corrected chi connectivity index (χ1v) is 7.21. The van der Waals surface area contributed by atoms with Crippen LogP contribution < -0.4 is 5.32 Å². The van der Waals surface area contributed by atoms with Crippen LogP contribution in [0.4, 0.5) is 0 Å². The molecule has 0 bridgehead atoms. The molecule has 1 fully saturated rings. The van der Waals surface area contributed by atoms with E-state index >= 15 is 0 Å². The van der Waals surface area contributed by atoms with Gasteiger partial charge in [-0.3, -0.25) is 0 Å². The predicted octanol–water partition coefficient (Wildman–Crippen LogP) is 2.20. The minimum atomic E-state index is 0.657. The number of hydrogen-bond acceptors (Lipinski definition) is 3. The quantitative estimate of drug-likeness (QED) is 0.779. The largest absolute Gasteiger partial charge is 0.312 e. The van der Waals surface area contributed by atoms with Crippen LogP contribution in [0, 0.1) is 0 Å². The highest BCUT2D eigenvalue weighted by atomic mass is 32.2. The highest BCUT2D eigenvalue weighted by Gasteiger charge is 2.20. The van der Waals surface area contributed by atoms with E-state index in [1.807, 2.05) is 0 Å². The van der Waals surface area contributed by atoms with Crippen molar-refractivity contribution in [1.29, 1.82) is 0 Å². The molecule has 3 heteroatoms. The van der Waals surface area contributed by atoms with E-state index in [-0.39, 0.29) is 0 Å². The van der Waals surface area contributed by atoms with Crippen molar-refractivity contribution in [3.8, 4) is 0 Å². The molecule has 0 saturated carbocycles. The van der Waals surface area contributed by atoms with Crippen LogP contribution in [-0.4, -0.2) is 48.1 Å². The lowest BCUT2D eigenvalue weighted by molar-refractivity contribution is 0.267. The Morgan fingerprint density at radius 2 is 2.20 bits per heavy atom.